The average Bonchev–Trinajstić information content (AvgIpc) is 2.72. The van der Waals surface area contributed by atoms with Gasteiger partial charge in [0.25, 0.3) is 5.91 Å². The zero-order valence-electron chi connectivity index (χ0n) is 16.9. The highest BCUT2D eigenvalue weighted by atomic mass is 32.2. The highest BCUT2D eigenvalue weighted by molar-refractivity contribution is 7.89. The van der Waals surface area contributed by atoms with E-state index in [-0.39, 0.29) is 11.9 Å². The van der Waals surface area contributed by atoms with E-state index in [0.29, 0.717) is 30.1 Å². The third kappa shape index (κ3) is 5.19. The van der Waals surface area contributed by atoms with Crippen molar-refractivity contribution < 1.29 is 13.2 Å². The van der Waals surface area contributed by atoms with E-state index in [2.05, 4.69) is 10.6 Å². The molecule has 0 spiro atoms. The van der Waals surface area contributed by atoms with Crippen molar-refractivity contribution in [1.82, 2.24) is 14.9 Å². The Morgan fingerprint density at radius 2 is 1.57 bits per heavy atom. The van der Waals surface area contributed by atoms with Crippen molar-refractivity contribution >= 4 is 15.9 Å². The van der Waals surface area contributed by atoms with Gasteiger partial charge in [-0.25, -0.2) is 8.42 Å². The van der Waals surface area contributed by atoms with Crippen LogP contribution in [0.4, 0.5) is 0 Å². The lowest BCUT2D eigenvalue weighted by molar-refractivity contribution is 0.0963. The Hall–Kier alpha value is -2.22. The molecule has 0 aliphatic carbocycles. The van der Waals surface area contributed by atoms with E-state index >= 15 is 0 Å². The van der Waals surface area contributed by atoms with Gasteiger partial charge < -0.3 is 10.6 Å². The van der Waals surface area contributed by atoms with Crippen molar-refractivity contribution in [2.75, 3.05) is 20.1 Å². The first-order chi connectivity index (χ1) is 13.3. The van der Waals surface area contributed by atoms with Crippen molar-refractivity contribution in [3.63, 3.8) is 0 Å². The summed E-state index contributed by atoms with van der Waals surface area (Å²) in [6.45, 7) is 7.27. The van der Waals surface area contributed by atoms with E-state index in [1.54, 1.807) is 31.3 Å². The predicted molar refractivity (Wildman–Crippen MR) is 112 cm³/mol. The van der Waals surface area contributed by atoms with Gasteiger partial charge in [-0.1, -0.05) is 38.1 Å². The summed E-state index contributed by atoms with van der Waals surface area (Å²) in [6, 6.07) is 14.5. The molecule has 0 fully saturated rings. The first kappa shape index (κ1) is 22.1. The summed E-state index contributed by atoms with van der Waals surface area (Å²) in [4.78, 5) is 11.9. The van der Waals surface area contributed by atoms with Crippen molar-refractivity contribution in [3.05, 3.63) is 65.2 Å². The largest absolute Gasteiger partial charge is 0.355 e. The minimum atomic E-state index is -3.43. The second-order valence-corrected chi connectivity index (χ2v) is 8.47. The Morgan fingerprint density at radius 3 is 2.07 bits per heavy atom. The molecule has 0 bridgehead atoms. The Labute approximate surface area is 168 Å². The SMILES string of the molecule is CCN(CC)S(=O)(=O)c1ccc(C(C)NCc2ccc(C(=O)NC)cc2)cc1. The van der Waals surface area contributed by atoms with Crippen LogP contribution in [0, 0.1) is 0 Å². The smallest absolute Gasteiger partial charge is 0.251 e. The van der Waals surface area contributed by atoms with Crippen molar-refractivity contribution in [2.24, 2.45) is 0 Å². The summed E-state index contributed by atoms with van der Waals surface area (Å²) in [6.07, 6.45) is 0. The third-order valence-electron chi connectivity index (χ3n) is 4.78. The number of carbonyl (C=O) groups excluding carboxylic acids is 1. The Bertz CT molecular complexity index is 874. The van der Waals surface area contributed by atoms with Crippen LogP contribution in [0.25, 0.3) is 0 Å². The van der Waals surface area contributed by atoms with Gasteiger partial charge >= 0.3 is 0 Å². The molecular formula is C21H29N3O3S. The molecule has 1 unspecified atom stereocenters. The predicted octanol–water partition coefficient (Wildman–Crippen LogP) is 2.93. The van der Waals surface area contributed by atoms with Crippen molar-refractivity contribution in [2.45, 2.75) is 38.3 Å². The number of sulfonamides is 1. The Morgan fingerprint density at radius 1 is 1.00 bits per heavy atom. The summed E-state index contributed by atoms with van der Waals surface area (Å²) >= 11 is 0. The van der Waals surface area contributed by atoms with Crippen LogP contribution in [-0.4, -0.2) is 38.8 Å². The van der Waals surface area contributed by atoms with Gasteiger partial charge in [0.2, 0.25) is 10.0 Å². The van der Waals surface area contributed by atoms with Crippen LogP contribution >= 0.6 is 0 Å². The molecule has 2 N–H and O–H groups in total. The van der Waals surface area contributed by atoms with Gasteiger partial charge in [-0.15, -0.1) is 0 Å². The molecule has 1 atom stereocenters. The molecule has 0 aromatic heterocycles. The van der Waals surface area contributed by atoms with E-state index in [1.165, 1.54) is 4.31 Å². The summed E-state index contributed by atoms with van der Waals surface area (Å²) in [5, 5.41) is 6.02. The second-order valence-electron chi connectivity index (χ2n) is 6.54. The molecule has 6 nitrogen and oxygen atoms in total. The zero-order chi connectivity index (χ0) is 20.7. The average molecular weight is 404 g/mol. The van der Waals surface area contributed by atoms with Gasteiger partial charge in [-0.3, -0.25) is 4.79 Å². The molecular weight excluding hydrogens is 374 g/mol. The van der Waals surface area contributed by atoms with E-state index in [1.807, 2.05) is 45.0 Å². The molecule has 0 radical (unpaired) electrons. The van der Waals surface area contributed by atoms with Crippen LogP contribution in [0.15, 0.2) is 53.4 Å². The van der Waals surface area contributed by atoms with E-state index in [9.17, 15) is 13.2 Å². The summed E-state index contributed by atoms with van der Waals surface area (Å²) in [5.41, 5.74) is 2.71. The number of nitrogens with one attached hydrogen (secondary N) is 2. The highest BCUT2D eigenvalue weighted by Crippen LogP contribution is 2.20. The maximum atomic E-state index is 12.6. The fraction of sp³-hybridized carbons (Fsp3) is 0.381. The van der Waals surface area contributed by atoms with Crippen LogP contribution < -0.4 is 10.6 Å². The zero-order valence-corrected chi connectivity index (χ0v) is 17.7. The number of hydrogen-bond acceptors (Lipinski definition) is 4. The van der Waals surface area contributed by atoms with Gasteiger partial charge in [-0.05, 0) is 42.3 Å². The first-order valence-electron chi connectivity index (χ1n) is 9.48. The Kier molecular flexibility index (Phi) is 7.74. The molecule has 0 aliphatic heterocycles. The summed E-state index contributed by atoms with van der Waals surface area (Å²) < 4.78 is 26.6. The maximum Gasteiger partial charge on any atom is 0.251 e. The van der Waals surface area contributed by atoms with Gasteiger partial charge in [0.1, 0.15) is 0 Å². The monoisotopic (exact) mass is 403 g/mol. The van der Waals surface area contributed by atoms with Crippen LogP contribution in [0.5, 0.6) is 0 Å². The number of nitrogens with zero attached hydrogens (tertiary/aromatic N) is 1. The molecule has 2 aromatic carbocycles. The standard InChI is InChI=1S/C21H29N3O3S/c1-5-24(6-2)28(26,27)20-13-11-18(12-14-20)16(3)23-15-17-7-9-19(10-8-17)21(25)22-4/h7-14,16,23H,5-6,15H2,1-4H3,(H,22,25). The Balaban J connectivity index is 2.01. The molecule has 2 rings (SSSR count). The molecule has 1 amide bonds. The lowest BCUT2D eigenvalue weighted by Gasteiger charge is -2.19. The number of amides is 1. The number of hydrogen-bond donors (Lipinski definition) is 2. The first-order valence-corrected chi connectivity index (χ1v) is 10.9. The quantitative estimate of drug-likeness (QED) is 0.675. The second kappa shape index (κ2) is 9.82. The number of carbonyl (C=O) groups is 1. The topological polar surface area (TPSA) is 78.5 Å². The fourth-order valence-electron chi connectivity index (χ4n) is 2.95. The minimum absolute atomic E-state index is 0.0591. The summed E-state index contributed by atoms with van der Waals surface area (Å²) in [7, 11) is -1.82. The molecule has 152 valence electrons. The van der Waals surface area contributed by atoms with Crippen molar-refractivity contribution in [3.8, 4) is 0 Å². The molecule has 7 heteroatoms. The van der Waals surface area contributed by atoms with E-state index in [4.69, 9.17) is 0 Å². The number of benzene rings is 2. The lowest BCUT2D eigenvalue weighted by atomic mass is 10.1. The number of rotatable bonds is 9. The van der Waals surface area contributed by atoms with Gasteiger partial charge in [0, 0.05) is 38.3 Å². The van der Waals surface area contributed by atoms with Crippen LogP contribution in [0.3, 0.4) is 0 Å². The van der Waals surface area contributed by atoms with Gasteiger partial charge in [-0.2, -0.15) is 4.31 Å². The van der Waals surface area contributed by atoms with E-state index < -0.39 is 10.0 Å². The molecule has 2 aromatic rings. The summed E-state index contributed by atoms with van der Waals surface area (Å²) in [5.74, 6) is -0.104. The molecule has 0 saturated heterocycles. The van der Waals surface area contributed by atoms with Crippen LogP contribution in [-0.2, 0) is 16.6 Å². The molecule has 0 saturated carbocycles. The van der Waals surface area contributed by atoms with Crippen LogP contribution in [0.1, 0.15) is 48.3 Å². The lowest BCUT2D eigenvalue weighted by Crippen LogP contribution is -2.30. The van der Waals surface area contributed by atoms with Crippen LogP contribution in [0.2, 0.25) is 0 Å². The normalized spacial score (nSPS) is 12.8. The maximum absolute atomic E-state index is 12.6. The van der Waals surface area contributed by atoms with E-state index in [0.717, 1.165) is 11.1 Å². The molecule has 0 heterocycles. The van der Waals surface area contributed by atoms with Gasteiger partial charge in [0.15, 0.2) is 0 Å². The minimum Gasteiger partial charge on any atom is -0.355 e. The molecule has 28 heavy (non-hydrogen) atoms. The third-order valence-corrected chi connectivity index (χ3v) is 6.84. The van der Waals surface area contributed by atoms with Crippen molar-refractivity contribution in [1.29, 1.82) is 0 Å². The van der Waals surface area contributed by atoms with Gasteiger partial charge in [0.05, 0.1) is 4.90 Å². The fourth-order valence-corrected chi connectivity index (χ4v) is 4.41. The highest BCUT2D eigenvalue weighted by Gasteiger charge is 2.21. The molecule has 0 aliphatic rings.